The number of ether oxygens (including phenoxy) is 1. The van der Waals surface area contributed by atoms with Gasteiger partial charge < -0.3 is 20.3 Å². The molecule has 7 heteroatoms. The van der Waals surface area contributed by atoms with Crippen LogP contribution in [0.25, 0.3) is 27.1 Å². The molecule has 0 bridgehead atoms. The highest BCUT2D eigenvalue weighted by Crippen LogP contribution is 2.31. The van der Waals surface area contributed by atoms with Crippen molar-refractivity contribution in [1.82, 2.24) is 4.98 Å². The molecule has 0 radical (unpaired) electrons. The first-order valence-electron chi connectivity index (χ1n) is 11.9. The average Bonchev–Trinajstić information content (AvgIpc) is 3.33. The summed E-state index contributed by atoms with van der Waals surface area (Å²) >= 11 is 1.54. The molecule has 37 heavy (non-hydrogen) atoms. The fourth-order valence-corrected chi connectivity index (χ4v) is 5.23. The van der Waals surface area contributed by atoms with Gasteiger partial charge in [0.15, 0.2) is 5.13 Å². The first kappa shape index (κ1) is 24.5. The lowest BCUT2D eigenvalue weighted by molar-refractivity contribution is 0.0697. The second-order valence-corrected chi connectivity index (χ2v) is 9.75. The lowest BCUT2D eigenvalue weighted by Gasteiger charge is -2.17. The molecule has 1 heterocycles. The molecular formula is C30H26N2O4S. The summed E-state index contributed by atoms with van der Waals surface area (Å²) in [4.78, 5) is 15.9. The van der Waals surface area contributed by atoms with Crippen LogP contribution in [-0.2, 0) is 0 Å². The predicted molar refractivity (Wildman–Crippen MR) is 150 cm³/mol. The number of fused-ring (bicyclic) bond motifs is 2. The summed E-state index contributed by atoms with van der Waals surface area (Å²) in [5, 5.41) is 26.8. The molecule has 5 aromatic rings. The van der Waals surface area contributed by atoms with Crippen molar-refractivity contribution in [2.75, 3.05) is 19.0 Å². The molecular weight excluding hydrogens is 484 g/mol. The molecule has 0 aliphatic heterocycles. The Kier molecular flexibility index (Phi) is 7.16. The molecule has 5 rings (SSSR count). The Morgan fingerprint density at radius 2 is 1.84 bits per heavy atom. The van der Waals surface area contributed by atoms with Crippen LogP contribution in [0.2, 0.25) is 0 Å². The molecule has 0 spiro atoms. The van der Waals surface area contributed by atoms with Gasteiger partial charge in [0.05, 0.1) is 29.0 Å². The Bertz CT molecular complexity index is 1590. The summed E-state index contributed by atoms with van der Waals surface area (Å²) in [5.74, 6) is -0.178. The van der Waals surface area contributed by atoms with Crippen molar-refractivity contribution in [2.45, 2.75) is 12.5 Å². The number of carboxylic acid groups (broad SMARTS) is 1. The van der Waals surface area contributed by atoms with Gasteiger partial charge in [0, 0.05) is 13.0 Å². The summed E-state index contributed by atoms with van der Waals surface area (Å²) in [6.45, 7) is 0.472. The van der Waals surface area contributed by atoms with E-state index in [0.29, 0.717) is 13.0 Å². The summed E-state index contributed by atoms with van der Waals surface area (Å²) in [6, 6.07) is 26.5. The Morgan fingerprint density at radius 3 is 2.62 bits per heavy atom. The van der Waals surface area contributed by atoms with E-state index in [1.807, 2.05) is 66.7 Å². The SMILES string of the molecule is COc1ccc2nc(NCC(=Cc3ccc(C(=O)O)cc3)CC(O)c3cccc4ccccc34)sc2c1. The van der Waals surface area contributed by atoms with Crippen molar-refractivity contribution < 1.29 is 19.7 Å². The smallest absolute Gasteiger partial charge is 0.335 e. The summed E-state index contributed by atoms with van der Waals surface area (Å²) in [5.41, 5.74) is 3.81. The lowest BCUT2D eigenvalue weighted by atomic mass is 9.95. The van der Waals surface area contributed by atoms with Gasteiger partial charge in [-0.15, -0.1) is 0 Å². The topological polar surface area (TPSA) is 91.7 Å². The number of benzene rings is 4. The van der Waals surface area contributed by atoms with Crippen LogP contribution in [0.15, 0.2) is 90.5 Å². The molecule has 0 fully saturated rings. The Morgan fingerprint density at radius 1 is 1.05 bits per heavy atom. The quantitative estimate of drug-likeness (QED) is 0.203. The molecule has 0 amide bonds. The Hall–Kier alpha value is -4.20. The van der Waals surface area contributed by atoms with Crippen LogP contribution in [0.1, 0.15) is 34.0 Å². The number of hydrogen-bond donors (Lipinski definition) is 3. The molecule has 186 valence electrons. The van der Waals surface area contributed by atoms with Gasteiger partial charge in [-0.25, -0.2) is 9.78 Å². The highest BCUT2D eigenvalue weighted by molar-refractivity contribution is 7.22. The van der Waals surface area contributed by atoms with E-state index in [0.717, 1.165) is 48.6 Å². The van der Waals surface area contributed by atoms with E-state index in [1.54, 1.807) is 42.7 Å². The highest BCUT2D eigenvalue weighted by Gasteiger charge is 2.15. The number of nitrogens with one attached hydrogen (secondary N) is 1. The number of carboxylic acids is 1. The third-order valence-corrected chi connectivity index (χ3v) is 7.20. The number of nitrogens with zero attached hydrogens (tertiary/aromatic N) is 1. The van der Waals surface area contributed by atoms with Crippen molar-refractivity contribution in [3.8, 4) is 5.75 Å². The molecule has 0 aliphatic carbocycles. The van der Waals surface area contributed by atoms with E-state index < -0.39 is 12.1 Å². The molecule has 1 aromatic heterocycles. The largest absolute Gasteiger partial charge is 0.497 e. The molecule has 0 aliphatic rings. The number of aromatic nitrogens is 1. The Balaban J connectivity index is 1.42. The van der Waals surface area contributed by atoms with Gasteiger partial charge in [0.2, 0.25) is 0 Å². The predicted octanol–water partition coefficient (Wildman–Crippen LogP) is 6.78. The summed E-state index contributed by atoms with van der Waals surface area (Å²) in [7, 11) is 1.64. The van der Waals surface area contributed by atoms with Crippen LogP contribution < -0.4 is 10.1 Å². The summed E-state index contributed by atoms with van der Waals surface area (Å²) in [6.07, 6.45) is 1.68. The minimum absolute atomic E-state index is 0.234. The zero-order valence-electron chi connectivity index (χ0n) is 20.2. The zero-order chi connectivity index (χ0) is 25.8. The molecule has 4 aromatic carbocycles. The molecule has 0 saturated carbocycles. The van der Waals surface area contributed by atoms with Crippen molar-refractivity contribution in [1.29, 1.82) is 0 Å². The van der Waals surface area contributed by atoms with E-state index in [-0.39, 0.29) is 5.56 Å². The van der Waals surface area contributed by atoms with Gasteiger partial charge in [-0.1, -0.05) is 72.0 Å². The van der Waals surface area contributed by atoms with Crippen molar-refractivity contribution >= 4 is 49.5 Å². The van der Waals surface area contributed by atoms with Crippen LogP contribution >= 0.6 is 11.3 Å². The fraction of sp³-hybridized carbons (Fsp3) is 0.133. The monoisotopic (exact) mass is 510 g/mol. The number of aliphatic hydroxyl groups is 1. The maximum absolute atomic E-state index is 11.3. The van der Waals surface area contributed by atoms with E-state index in [1.165, 1.54) is 0 Å². The number of hydrogen-bond acceptors (Lipinski definition) is 6. The van der Waals surface area contributed by atoms with Gasteiger partial charge in [0.1, 0.15) is 5.75 Å². The van der Waals surface area contributed by atoms with Crippen LogP contribution in [0.3, 0.4) is 0 Å². The molecule has 3 N–H and O–H groups in total. The minimum atomic E-state index is -0.962. The Labute approximate surface area is 218 Å². The van der Waals surface area contributed by atoms with Crippen molar-refractivity contribution in [2.24, 2.45) is 0 Å². The maximum Gasteiger partial charge on any atom is 0.335 e. The van der Waals surface area contributed by atoms with Crippen LogP contribution in [0.4, 0.5) is 5.13 Å². The number of rotatable bonds is 9. The van der Waals surface area contributed by atoms with Gasteiger partial charge in [-0.2, -0.15) is 0 Å². The number of thiazole rings is 1. The van der Waals surface area contributed by atoms with E-state index >= 15 is 0 Å². The van der Waals surface area contributed by atoms with E-state index in [9.17, 15) is 15.0 Å². The molecule has 1 unspecified atom stereocenters. The molecule has 1 atom stereocenters. The second-order valence-electron chi connectivity index (χ2n) is 8.72. The van der Waals surface area contributed by atoms with Crippen molar-refractivity contribution in [3.05, 3.63) is 107 Å². The van der Waals surface area contributed by atoms with Gasteiger partial charge in [-0.05, 0) is 57.8 Å². The van der Waals surface area contributed by atoms with Crippen LogP contribution in [-0.4, -0.2) is 34.8 Å². The number of aromatic carboxylic acids is 1. The van der Waals surface area contributed by atoms with Crippen LogP contribution in [0, 0.1) is 0 Å². The third kappa shape index (κ3) is 5.63. The number of anilines is 1. The van der Waals surface area contributed by atoms with Gasteiger partial charge >= 0.3 is 5.97 Å². The van der Waals surface area contributed by atoms with Crippen LogP contribution in [0.5, 0.6) is 5.75 Å². The van der Waals surface area contributed by atoms with E-state index in [2.05, 4.69) is 10.3 Å². The van der Waals surface area contributed by atoms with E-state index in [4.69, 9.17) is 4.74 Å². The minimum Gasteiger partial charge on any atom is -0.497 e. The fourth-order valence-electron chi connectivity index (χ4n) is 4.34. The molecule has 6 nitrogen and oxygen atoms in total. The first-order chi connectivity index (χ1) is 18.0. The third-order valence-electron chi connectivity index (χ3n) is 6.23. The average molecular weight is 511 g/mol. The van der Waals surface area contributed by atoms with Crippen molar-refractivity contribution in [3.63, 3.8) is 0 Å². The number of carbonyl (C=O) groups is 1. The number of aliphatic hydroxyl groups excluding tert-OH is 1. The highest BCUT2D eigenvalue weighted by atomic mass is 32.1. The summed E-state index contributed by atoms with van der Waals surface area (Å²) < 4.78 is 6.34. The van der Waals surface area contributed by atoms with Gasteiger partial charge in [0.25, 0.3) is 0 Å². The first-order valence-corrected chi connectivity index (χ1v) is 12.7. The lowest BCUT2D eigenvalue weighted by Crippen LogP contribution is -2.09. The second kappa shape index (κ2) is 10.8. The molecule has 0 saturated heterocycles. The standard InChI is InChI=1S/C30H26N2O4S/c1-36-23-13-14-26-28(17-23)37-30(32-26)31-18-20(15-19-9-11-22(12-10-19)29(34)35)16-27(33)25-8-4-6-21-5-2-3-7-24(21)25/h2-15,17,27,33H,16,18H2,1H3,(H,31,32)(H,34,35). The normalized spacial score (nSPS) is 12.5. The maximum atomic E-state index is 11.3. The zero-order valence-corrected chi connectivity index (χ0v) is 21.0. The number of methoxy groups -OCH3 is 1. The van der Waals surface area contributed by atoms with Gasteiger partial charge in [-0.3, -0.25) is 0 Å².